The van der Waals surface area contributed by atoms with Crippen molar-refractivity contribution in [3.63, 3.8) is 0 Å². The summed E-state index contributed by atoms with van der Waals surface area (Å²) >= 11 is 0. The minimum atomic E-state index is -0.776. The minimum absolute atomic E-state index is 0.0991. The lowest BCUT2D eigenvalue weighted by atomic mass is 9.95. The highest BCUT2D eigenvalue weighted by Gasteiger charge is 2.31. The third-order valence-corrected chi connectivity index (χ3v) is 4.74. The van der Waals surface area contributed by atoms with Crippen molar-refractivity contribution in [3.05, 3.63) is 48.6 Å². The van der Waals surface area contributed by atoms with E-state index in [9.17, 15) is 19.9 Å². The minimum Gasteiger partial charge on any atom is -0.460 e. The number of nitrogens with zero attached hydrogens (tertiary/aromatic N) is 1. The topological polar surface area (TPSA) is 87.1 Å². The first-order valence-corrected chi connectivity index (χ1v) is 10.7. The molecule has 0 saturated carbocycles. The molecule has 1 aromatic rings. The van der Waals surface area contributed by atoms with Crippen molar-refractivity contribution in [1.29, 1.82) is 0 Å². The van der Waals surface area contributed by atoms with Gasteiger partial charge in [-0.3, -0.25) is 14.8 Å². The maximum Gasteiger partial charge on any atom is 0.307 e. The molecule has 2 atom stereocenters. The zero-order chi connectivity index (χ0) is 22.6. The van der Waals surface area contributed by atoms with Crippen LogP contribution in [0.1, 0.15) is 64.9 Å². The Hall–Kier alpha value is -2.18. The van der Waals surface area contributed by atoms with E-state index in [0.29, 0.717) is 17.9 Å². The molecular weight excluding hydrogens is 382 g/mol. The molecule has 0 unspecified atom stereocenters. The van der Waals surface area contributed by atoms with E-state index in [2.05, 4.69) is 6.58 Å². The van der Waals surface area contributed by atoms with Gasteiger partial charge in [0.25, 0.3) is 0 Å². The molecule has 1 rings (SSSR count). The van der Waals surface area contributed by atoms with Crippen molar-refractivity contribution in [3.8, 4) is 0 Å². The third kappa shape index (κ3) is 10.0. The standard InChI is InChI=1S/C24H37NO5/c1-5-6-7-8-12-15-20(17-22(27)30-24(2,3)4)23(28)25(29)21(18-26)16-19-13-10-9-11-14-19/h5,9-11,13-14,20-21,26,29H,1,6-8,12,15-18H2,2-4H3/t20-,21+/m1/s1. The van der Waals surface area contributed by atoms with Crippen molar-refractivity contribution < 1.29 is 24.6 Å². The number of carbonyl (C=O) groups is 2. The Morgan fingerprint density at radius 2 is 1.83 bits per heavy atom. The van der Waals surface area contributed by atoms with Crippen LogP contribution in [0.4, 0.5) is 0 Å². The first-order valence-electron chi connectivity index (χ1n) is 10.7. The predicted octanol–water partition coefficient (Wildman–Crippen LogP) is 4.29. The number of benzene rings is 1. The Morgan fingerprint density at radius 1 is 1.17 bits per heavy atom. The summed E-state index contributed by atoms with van der Waals surface area (Å²) in [6.45, 7) is 8.65. The van der Waals surface area contributed by atoms with Crippen LogP contribution in [0.15, 0.2) is 43.0 Å². The van der Waals surface area contributed by atoms with E-state index in [-0.39, 0.29) is 13.0 Å². The van der Waals surface area contributed by atoms with Crippen LogP contribution in [-0.2, 0) is 20.7 Å². The van der Waals surface area contributed by atoms with E-state index < -0.39 is 29.4 Å². The van der Waals surface area contributed by atoms with E-state index in [0.717, 1.165) is 31.2 Å². The lowest BCUT2D eigenvalue weighted by Crippen LogP contribution is -2.45. The summed E-state index contributed by atoms with van der Waals surface area (Å²) < 4.78 is 5.37. The summed E-state index contributed by atoms with van der Waals surface area (Å²) in [7, 11) is 0. The van der Waals surface area contributed by atoms with Crippen LogP contribution < -0.4 is 0 Å². The Labute approximate surface area is 180 Å². The number of carbonyl (C=O) groups excluding carboxylic acids is 2. The molecule has 0 bridgehead atoms. The average Bonchev–Trinajstić information content (AvgIpc) is 2.69. The highest BCUT2D eigenvalue weighted by Crippen LogP contribution is 2.21. The van der Waals surface area contributed by atoms with Gasteiger partial charge in [-0.1, -0.05) is 49.2 Å². The number of esters is 1. The lowest BCUT2D eigenvalue weighted by Gasteiger charge is -2.29. The number of hydroxylamine groups is 2. The van der Waals surface area contributed by atoms with Gasteiger partial charge in [-0.2, -0.15) is 0 Å². The van der Waals surface area contributed by atoms with E-state index in [1.54, 1.807) is 20.8 Å². The molecule has 0 heterocycles. The molecule has 0 aliphatic rings. The van der Waals surface area contributed by atoms with Crippen LogP contribution in [0.5, 0.6) is 0 Å². The molecular formula is C24H37NO5. The van der Waals surface area contributed by atoms with Gasteiger partial charge in [-0.15, -0.1) is 6.58 Å². The Balaban J connectivity index is 2.82. The first-order chi connectivity index (χ1) is 14.2. The number of rotatable bonds is 13. The van der Waals surface area contributed by atoms with Crippen molar-refractivity contribution in [2.24, 2.45) is 5.92 Å². The van der Waals surface area contributed by atoms with Crippen LogP contribution in [0.2, 0.25) is 0 Å². The molecule has 1 amide bonds. The second-order valence-corrected chi connectivity index (χ2v) is 8.62. The number of hydrogen-bond donors (Lipinski definition) is 2. The monoisotopic (exact) mass is 419 g/mol. The molecule has 2 N–H and O–H groups in total. The Bertz CT molecular complexity index is 653. The van der Waals surface area contributed by atoms with Gasteiger partial charge in [-0.05, 0) is 52.0 Å². The number of unbranched alkanes of at least 4 members (excludes halogenated alkanes) is 3. The molecule has 168 valence electrons. The fourth-order valence-electron chi connectivity index (χ4n) is 3.23. The number of amides is 1. The smallest absolute Gasteiger partial charge is 0.307 e. The molecule has 30 heavy (non-hydrogen) atoms. The average molecular weight is 420 g/mol. The maximum absolute atomic E-state index is 13.0. The summed E-state index contributed by atoms with van der Waals surface area (Å²) in [5, 5.41) is 20.9. The molecule has 0 aliphatic carbocycles. The van der Waals surface area contributed by atoms with Gasteiger partial charge in [0.2, 0.25) is 5.91 Å². The Morgan fingerprint density at radius 3 is 2.40 bits per heavy atom. The van der Waals surface area contributed by atoms with E-state index in [4.69, 9.17) is 4.74 Å². The van der Waals surface area contributed by atoms with Gasteiger partial charge >= 0.3 is 5.97 Å². The first kappa shape index (κ1) is 25.9. The van der Waals surface area contributed by atoms with Crippen LogP contribution in [-0.4, -0.2) is 45.5 Å². The predicted molar refractivity (Wildman–Crippen MR) is 117 cm³/mol. The second kappa shape index (κ2) is 13.2. The Kier molecular flexibility index (Phi) is 11.4. The zero-order valence-corrected chi connectivity index (χ0v) is 18.5. The highest BCUT2D eigenvalue weighted by molar-refractivity contribution is 5.83. The molecule has 6 heteroatoms. The summed E-state index contributed by atoms with van der Waals surface area (Å²) in [5.74, 6) is -1.72. The van der Waals surface area contributed by atoms with Gasteiger partial charge in [0.05, 0.1) is 25.0 Å². The lowest BCUT2D eigenvalue weighted by molar-refractivity contribution is -0.186. The second-order valence-electron chi connectivity index (χ2n) is 8.62. The van der Waals surface area contributed by atoms with Crippen molar-refractivity contribution in [1.82, 2.24) is 5.06 Å². The SMILES string of the molecule is C=CCCCCC[C@H](CC(=O)OC(C)(C)C)C(=O)N(O)[C@H](CO)Cc1ccccc1. The number of allylic oxidation sites excluding steroid dienone is 1. The maximum atomic E-state index is 13.0. The highest BCUT2D eigenvalue weighted by atomic mass is 16.6. The van der Waals surface area contributed by atoms with E-state index >= 15 is 0 Å². The van der Waals surface area contributed by atoms with Crippen LogP contribution in [0, 0.1) is 5.92 Å². The van der Waals surface area contributed by atoms with Crippen molar-refractivity contribution in [2.75, 3.05) is 6.61 Å². The molecule has 0 fully saturated rings. The third-order valence-electron chi connectivity index (χ3n) is 4.74. The molecule has 0 spiro atoms. The van der Waals surface area contributed by atoms with E-state index in [1.165, 1.54) is 0 Å². The summed E-state index contributed by atoms with van der Waals surface area (Å²) in [4.78, 5) is 25.3. The van der Waals surface area contributed by atoms with Gasteiger partial charge in [0.1, 0.15) is 5.60 Å². The van der Waals surface area contributed by atoms with Crippen molar-refractivity contribution >= 4 is 11.9 Å². The van der Waals surface area contributed by atoms with Crippen LogP contribution in [0.3, 0.4) is 0 Å². The summed E-state index contributed by atoms with van der Waals surface area (Å²) in [6.07, 6.45) is 6.07. The van der Waals surface area contributed by atoms with Crippen LogP contribution in [0.25, 0.3) is 0 Å². The number of hydrogen-bond acceptors (Lipinski definition) is 5. The molecule has 1 aromatic carbocycles. The van der Waals surface area contributed by atoms with Gasteiger partial charge in [-0.25, -0.2) is 5.06 Å². The quantitative estimate of drug-likeness (QED) is 0.164. The molecule has 6 nitrogen and oxygen atoms in total. The molecule has 0 radical (unpaired) electrons. The van der Waals surface area contributed by atoms with Gasteiger partial charge in [0, 0.05) is 0 Å². The van der Waals surface area contributed by atoms with Gasteiger partial charge in [0.15, 0.2) is 0 Å². The molecule has 0 saturated heterocycles. The van der Waals surface area contributed by atoms with E-state index in [1.807, 2.05) is 36.4 Å². The normalized spacial score (nSPS) is 13.4. The number of ether oxygens (including phenoxy) is 1. The fourth-order valence-corrected chi connectivity index (χ4v) is 3.23. The molecule has 0 aliphatic heterocycles. The van der Waals surface area contributed by atoms with Gasteiger partial charge < -0.3 is 9.84 Å². The number of aliphatic hydroxyl groups excluding tert-OH is 1. The van der Waals surface area contributed by atoms with Crippen molar-refractivity contribution in [2.45, 2.75) is 77.4 Å². The summed E-state index contributed by atoms with van der Waals surface area (Å²) in [5.41, 5.74) is 0.255. The summed E-state index contributed by atoms with van der Waals surface area (Å²) in [6, 6.07) is 8.57. The number of aliphatic hydroxyl groups is 1. The molecule has 0 aromatic heterocycles. The fraction of sp³-hybridized carbons (Fsp3) is 0.583. The van der Waals surface area contributed by atoms with Crippen LogP contribution >= 0.6 is 0 Å². The zero-order valence-electron chi connectivity index (χ0n) is 18.5. The largest absolute Gasteiger partial charge is 0.460 e.